The van der Waals surface area contributed by atoms with E-state index in [4.69, 9.17) is 15.2 Å². The molecule has 47 heavy (non-hydrogen) atoms. The predicted octanol–water partition coefficient (Wildman–Crippen LogP) is 4.81. The molecule has 0 aliphatic heterocycles. The van der Waals surface area contributed by atoms with E-state index in [0.29, 0.717) is 5.56 Å². The third-order valence-corrected chi connectivity index (χ3v) is 7.09. The monoisotopic (exact) mass is 652 g/mol. The zero-order chi connectivity index (χ0) is 35.9. The molecule has 0 aliphatic carbocycles. The second kappa shape index (κ2) is 15.5. The molecule has 2 aromatic rings. The highest BCUT2D eigenvalue weighted by Gasteiger charge is 2.44. The molecule has 0 aliphatic rings. The molecule has 0 bridgehead atoms. The summed E-state index contributed by atoms with van der Waals surface area (Å²) in [5, 5.41) is 5.37. The minimum Gasteiger partial charge on any atom is -0.458 e. The summed E-state index contributed by atoms with van der Waals surface area (Å²) in [6.07, 6.45) is -1.33. The second-order valence-electron chi connectivity index (χ2n) is 14.7. The molecule has 0 radical (unpaired) electrons. The molecule has 11 nitrogen and oxygen atoms in total. The van der Waals surface area contributed by atoms with E-state index in [9.17, 15) is 24.0 Å². The number of carbonyl (C=O) groups excluding carboxylic acids is 5. The first-order chi connectivity index (χ1) is 21.5. The van der Waals surface area contributed by atoms with Gasteiger partial charge in [0.1, 0.15) is 29.3 Å². The smallest absolute Gasteiger partial charge is 0.408 e. The predicted molar refractivity (Wildman–Crippen MR) is 180 cm³/mol. The number of nitrogens with zero attached hydrogens (tertiary/aromatic N) is 1. The molecule has 0 fully saturated rings. The fourth-order valence-electron chi connectivity index (χ4n) is 5.00. The van der Waals surface area contributed by atoms with Crippen LogP contribution in [-0.2, 0) is 35.1 Å². The van der Waals surface area contributed by atoms with E-state index in [1.807, 2.05) is 50.2 Å². The zero-order valence-electron chi connectivity index (χ0n) is 29.6. The van der Waals surface area contributed by atoms with E-state index in [1.165, 1.54) is 4.90 Å². The molecule has 3 atom stereocenters. The number of esters is 1. The van der Waals surface area contributed by atoms with Crippen LogP contribution in [0.25, 0.3) is 0 Å². The van der Waals surface area contributed by atoms with Crippen LogP contribution in [0, 0.1) is 13.8 Å². The van der Waals surface area contributed by atoms with Crippen molar-refractivity contribution in [2.45, 2.75) is 124 Å². The Morgan fingerprint density at radius 3 is 1.85 bits per heavy atom. The number of rotatable bonds is 11. The number of benzene rings is 2. The van der Waals surface area contributed by atoms with Crippen LogP contribution < -0.4 is 16.4 Å². The molecule has 4 amide bonds. The number of carbonyl (C=O) groups is 5. The first-order valence-electron chi connectivity index (χ1n) is 15.7. The Morgan fingerprint density at radius 2 is 1.34 bits per heavy atom. The average molecular weight is 653 g/mol. The minimum absolute atomic E-state index is 0.134. The van der Waals surface area contributed by atoms with Gasteiger partial charge in [-0.3, -0.25) is 14.4 Å². The van der Waals surface area contributed by atoms with Gasteiger partial charge in [0, 0.05) is 12.0 Å². The summed E-state index contributed by atoms with van der Waals surface area (Å²) < 4.78 is 11.1. The third kappa shape index (κ3) is 12.0. The summed E-state index contributed by atoms with van der Waals surface area (Å²) >= 11 is 0. The Labute approximate surface area is 278 Å². The summed E-state index contributed by atoms with van der Waals surface area (Å²) in [5.41, 5.74) is 5.69. The van der Waals surface area contributed by atoms with Crippen molar-refractivity contribution in [3.05, 3.63) is 70.8 Å². The van der Waals surface area contributed by atoms with E-state index in [0.717, 1.165) is 16.7 Å². The van der Waals surface area contributed by atoms with Gasteiger partial charge in [-0.15, -0.1) is 0 Å². The van der Waals surface area contributed by atoms with Gasteiger partial charge in [0.2, 0.25) is 17.7 Å². The SMILES string of the molecule is Cc1cccc(C(C(=O)NC(Cc2ccccc2)C(=O)OC(C)(C)C)N(C(=O)C(CC(N)=O)NC(=O)OC(C)(C)C)C(C)(C)C)c1C. The molecule has 0 heterocycles. The van der Waals surface area contributed by atoms with Crippen LogP contribution in [-0.4, -0.2) is 63.5 Å². The number of nitrogens with one attached hydrogen (secondary N) is 2. The number of alkyl carbamates (subject to hydrolysis) is 1. The fraction of sp³-hybridized carbons (Fsp3) is 0.528. The molecular formula is C36H52N4O7. The quantitative estimate of drug-likeness (QED) is 0.294. The van der Waals surface area contributed by atoms with Gasteiger partial charge in [0.25, 0.3) is 0 Å². The van der Waals surface area contributed by atoms with Crippen LogP contribution in [0.1, 0.15) is 97.0 Å². The molecule has 0 aromatic heterocycles. The van der Waals surface area contributed by atoms with E-state index in [-0.39, 0.29) is 6.42 Å². The highest BCUT2D eigenvalue weighted by atomic mass is 16.6. The van der Waals surface area contributed by atoms with Crippen molar-refractivity contribution in [2.75, 3.05) is 0 Å². The maximum absolute atomic E-state index is 14.6. The first kappa shape index (κ1) is 38.8. The maximum atomic E-state index is 14.6. The average Bonchev–Trinajstić information content (AvgIpc) is 2.90. The van der Waals surface area contributed by atoms with Crippen LogP contribution in [0.3, 0.4) is 0 Å². The molecule has 258 valence electrons. The highest BCUT2D eigenvalue weighted by molar-refractivity contribution is 5.96. The number of hydrogen-bond donors (Lipinski definition) is 3. The van der Waals surface area contributed by atoms with Crippen molar-refractivity contribution in [3.63, 3.8) is 0 Å². The van der Waals surface area contributed by atoms with Crippen LogP contribution in [0.2, 0.25) is 0 Å². The molecule has 4 N–H and O–H groups in total. The lowest BCUT2D eigenvalue weighted by Gasteiger charge is -2.43. The van der Waals surface area contributed by atoms with Gasteiger partial charge in [-0.25, -0.2) is 9.59 Å². The molecule has 2 rings (SSSR count). The van der Waals surface area contributed by atoms with Gasteiger partial charge < -0.3 is 30.7 Å². The lowest BCUT2D eigenvalue weighted by atomic mass is 9.90. The van der Waals surface area contributed by atoms with E-state index < -0.39 is 71.1 Å². The molecule has 11 heteroatoms. The second-order valence-corrected chi connectivity index (χ2v) is 14.7. The molecule has 0 spiro atoms. The first-order valence-corrected chi connectivity index (χ1v) is 15.7. The number of primary amides is 1. The van der Waals surface area contributed by atoms with Crippen LogP contribution >= 0.6 is 0 Å². The van der Waals surface area contributed by atoms with Gasteiger partial charge in [-0.2, -0.15) is 0 Å². The maximum Gasteiger partial charge on any atom is 0.408 e. The summed E-state index contributed by atoms with van der Waals surface area (Å²) in [5.74, 6) is -2.86. The Balaban J connectivity index is 2.72. The summed E-state index contributed by atoms with van der Waals surface area (Å²) in [6, 6.07) is 10.7. The topological polar surface area (TPSA) is 157 Å². The Hall–Kier alpha value is -4.41. The van der Waals surface area contributed by atoms with Gasteiger partial charge in [0.05, 0.1) is 6.42 Å². The molecule has 2 aromatic carbocycles. The third-order valence-electron chi connectivity index (χ3n) is 7.09. The van der Waals surface area contributed by atoms with Crippen molar-refractivity contribution < 1.29 is 33.4 Å². The lowest BCUT2D eigenvalue weighted by Crippen LogP contribution is -2.60. The number of ether oxygens (including phenoxy) is 2. The summed E-state index contributed by atoms with van der Waals surface area (Å²) in [6.45, 7) is 19.1. The molecule has 3 unspecified atom stereocenters. The van der Waals surface area contributed by atoms with E-state index in [2.05, 4.69) is 10.6 Å². The van der Waals surface area contributed by atoms with Crippen LogP contribution in [0.4, 0.5) is 4.79 Å². The Morgan fingerprint density at radius 1 is 0.766 bits per heavy atom. The van der Waals surface area contributed by atoms with Crippen molar-refractivity contribution in [1.29, 1.82) is 0 Å². The number of aryl methyl sites for hydroxylation is 1. The number of nitrogens with two attached hydrogens (primary N) is 1. The summed E-state index contributed by atoms with van der Waals surface area (Å²) in [4.78, 5) is 68.9. The minimum atomic E-state index is -1.45. The van der Waals surface area contributed by atoms with Crippen molar-refractivity contribution in [3.8, 4) is 0 Å². The fourth-order valence-corrected chi connectivity index (χ4v) is 5.00. The van der Waals surface area contributed by atoms with E-state index >= 15 is 0 Å². The standard InChI is InChI=1S/C36H52N4O7/c1-22-16-15-19-25(23(22)2)29(30(42)38-27(32(44)46-35(6,7)8)20-24-17-13-12-14-18-24)40(34(3,4)5)31(43)26(21-28(37)41)39-33(45)47-36(9,10)11/h12-19,26-27,29H,20-21H2,1-11H3,(H2,37,41)(H,38,42)(H,39,45). The number of amides is 4. The normalized spacial score (nSPS) is 13.9. The van der Waals surface area contributed by atoms with Crippen molar-refractivity contribution in [2.24, 2.45) is 5.73 Å². The zero-order valence-corrected chi connectivity index (χ0v) is 29.6. The highest BCUT2D eigenvalue weighted by Crippen LogP contribution is 2.33. The van der Waals surface area contributed by atoms with Crippen LogP contribution in [0.5, 0.6) is 0 Å². The molecule has 0 saturated carbocycles. The summed E-state index contributed by atoms with van der Waals surface area (Å²) in [7, 11) is 0. The van der Waals surface area contributed by atoms with Crippen LogP contribution in [0.15, 0.2) is 48.5 Å². The van der Waals surface area contributed by atoms with Crippen molar-refractivity contribution in [1.82, 2.24) is 15.5 Å². The van der Waals surface area contributed by atoms with E-state index in [1.54, 1.807) is 74.4 Å². The largest absolute Gasteiger partial charge is 0.458 e. The lowest BCUT2D eigenvalue weighted by molar-refractivity contribution is -0.159. The van der Waals surface area contributed by atoms with Crippen molar-refractivity contribution >= 4 is 29.8 Å². The van der Waals surface area contributed by atoms with Gasteiger partial charge in [-0.1, -0.05) is 48.5 Å². The van der Waals surface area contributed by atoms with Gasteiger partial charge in [0.15, 0.2) is 0 Å². The molecule has 0 saturated heterocycles. The van der Waals surface area contributed by atoms with Gasteiger partial charge >= 0.3 is 12.1 Å². The Kier molecular flexibility index (Phi) is 12.7. The van der Waals surface area contributed by atoms with Gasteiger partial charge in [-0.05, 0) is 98.4 Å². The number of hydrogen-bond acceptors (Lipinski definition) is 7. The molecular weight excluding hydrogens is 600 g/mol. The Bertz CT molecular complexity index is 1440.